The Morgan fingerprint density at radius 2 is 1.71 bits per heavy atom. The first-order chi connectivity index (χ1) is 16.5. The van der Waals surface area contributed by atoms with E-state index in [1.807, 2.05) is 73.6 Å². The number of aliphatic hydroxyl groups excluding tert-OH is 1. The number of rotatable bonds is 8. The molecule has 0 saturated carbocycles. The minimum atomic E-state index is -0.727. The van der Waals surface area contributed by atoms with Crippen molar-refractivity contribution >= 4 is 17.4 Å². The number of aromatic nitrogens is 1. The smallest absolute Gasteiger partial charge is 0.295 e. The standard InChI is InChI=1S/C27H27N3O4/c1-29(2)16-7-17-30-24(20-8-6-11-22(18-20)34-21-9-4-3-5-10-21)23(26(32)27(30)33)25(31)19-12-14-28-15-13-19/h3-6,8-15,18,24,31H,7,16-17H2,1-2H3/b25-23+. The zero-order valence-electron chi connectivity index (χ0n) is 19.2. The van der Waals surface area contributed by atoms with Crippen LogP contribution in [0, 0.1) is 0 Å². The van der Waals surface area contributed by atoms with Crippen LogP contribution < -0.4 is 4.74 Å². The van der Waals surface area contributed by atoms with E-state index in [1.165, 1.54) is 12.4 Å². The molecule has 0 spiro atoms. The summed E-state index contributed by atoms with van der Waals surface area (Å²) >= 11 is 0. The fraction of sp³-hybridized carbons (Fsp3) is 0.222. The third-order valence-corrected chi connectivity index (χ3v) is 5.65. The number of amides is 1. The van der Waals surface area contributed by atoms with Crippen molar-refractivity contribution in [1.82, 2.24) is 14.8 Å². The summed E-state index contributed by atoms with van der Waals surface area (Å²) in [6.07, 6.45) is 3.75. The summed E-state index contributed by atoms with van der Waals surface area (Å²) in [4.78, 5) is 33.7. The van der Waals surface area contributed by atoms with Crippen LogP contribution in [-0.2, 0) is 9.59 Å². The molecular weight excluding hydrogens is 430 g/mol. The lowest BCUT2D eigenvalue weighted by Gasteiger charge is -2.26. The van der Waals surface area contributed by atoms with E-state index in [-0.39, 0.29) is 11.3 Å². The molecule has 1 saturated heterocycles. The van der Waals surface area contributed by atoms with Gasteiger partial charge in [0.1, 0.15) is 17.3 Å². The van der Waals surface area contributed by atoms with E-state index >= 15 is 0 Å². The van der Waals surface area contributed by atoms with Crippen molar-refractivity contribution in [3.63, 3.8) is 0 Å². The van der Waals surface area contributed by atoms with Crippen LogP contribution in [0.5, 0.6) is 11.5 Å². The number of hydrogen-bond donors (Lipinski definition) is 1. The van der Waals surface area contributed by atoms with E-state index in [0.29, 0.717) is 35.6 Å². The van der Waals surface area contributed by atoms with Gasteiger partial charge in [0, 0.05) is 24.5 Å². The van der Waals surface area contributed by atoms with Crippen LogP contribution in [-0.4, -0.2) is 58.8 Å². The van der Waals surface area contributed by atoms with Crippen LogP contribution in [0.3, 0.4) is 0 Å². The molecule has 2 heterocycles. The van der Waals surface area contributed by atoms with Gasteiger partial charge in [-0.3, -0.25) is 14.6 Å². The molecule has 1 fully saturated rings. The topological polar surface area (TPSA) is 83.0 Å². The number of ether oxygens (including phenoxy) is 1. The molecule has 174 valence electrons. The molecule has 4 rings (SSSR count). The lowest BCUT2D eigenvalue weighted by molar-refractivity contribution is -0.139. The fourth-order valence-electron chi connectivity index (χ4n) is 4.05. The fourth-order valence-corrected chi connectivity index (χ4v) is 4.05. The van der Waals surface area contributed by atoms with E-state index in [1.54, 1.807) is 17.0 Å². The second-order valence-corrected chi connectivity index (χ2v) is 8.37. The number of likely N-dealkylation sites (tertiary alicyclic amines) is 1. The molecule has 1 unspecified atom stereocenters. The van der Waals surface area contributed by atoms with Crippen molar-refractivity contribution in [2.75, 3.05) is 27.2 Å². The van der Waals surface area contributed by atoms with Crippen LogP contribution in [0.15, 0.2) is 84.7 Å². The summed E-state index contributed by atoms with van der Waals surface area (Å²) in [6.45, 7) is 1.14. The second kappa shape index (κ2) is 10.3. The molecule has 0 aliphatic carbocycles. The average molecular weight is 458 g/mol. The van der Waals surface area contributed by atoms with Crippen molar-refractivity contribution in [2.45, 2.75) is 12.5 Å². The van der Waals surface area contributed by atoms with Gasteiger partial charge in [-0.15, -0.1) is 0 Å². The van der Waals surface area contributed by atoms with E-state index in [2.05, 4.69) is 4.98 Å². The van der Waals surface area contributed by atoms with Gasteiger partial charge in [0.05, 0.1) is 11.6 Å². The average Bonchev–Trinajstić information content (AvgIpc) is 3.10. The van der Waals surface area contributed by atoms with Gasteiger partial charge in [0.15, 0.2) is 0 Å². The predicted octanol–water partition coefficient (Wildman–Crippen LogP) is 4.25. The minimum absolute atomic E-state index is 0.0675. The highest BCUT2D eigenvalue weighted by Crippen LogP contribution is 2.40. The molecule has 1 N–H and O–H groups in total. The van der Waals surface area contributed by atoms with Crippen LogP contribution >= 0.6 is 0 Å². The van der Waals surface area contributed by atoms with Crippen molar-refractivity contribution < 1.29 is 19.4 Å². The molecule has 0 bridgehead atoms. The van der Waals surface area contributed by atoms with Crippen LogP contribution in [0.25, 0.3) is 5.76 Å². The molecule has 1 amide bonds. The molecule has 34 heavy (non-hydrogen) atoms. The minimum Gasteiger partial charge on any atom is -0.507 e. The number of aliphatic hydroxyl groups is 1. The Morgan fingerprint density at radius 3 is 2.41 bits per heavy atom. The molecular formula is C27H27N3O4. The first-order valence-electron chi connectivity index (χ1n) is 11.1. The maximum Gasteiger partial charge on any atom is 0.295 e. The number of pyridine rings is 1. The summed E-state index contributed by atoms with van der Waals surface area (Å²) in [5, 5.41) is 11.1. The lowest BCUT2D eigenvalue weighted by atomic mass is 9.95. The summed E-state index contributed by atoms with van der Waals surface area (Å²) in [6, 6.07) is 19.2. The molecule has 0 radical (unpaired) electrons. The van der Waals surface area contributed by atoms with Crippen molar-refractivity contribution in [1.29, 1.82) is 0 Å². The van der Waals surface area contributed by atoms with Gasteiger partial charge in [-0.05, 0) is 69.0 Å². The number of carbonyl (C=O) groups is 2. The normalized spacial score (nSPS) is 17.4. The number of para-hydroxylation sites is 1. The van der Waals surface area contributed by atoms with Crippen molar-refractivity contribution in [3.8, 4) is 11.5 Å². The zero-order valence-corrected chi connectivity index (χ0v) is 19.2. The monoisotopic (exact) mass is 457 g/mol. The Balaban J connectivity index is 1.76. The van der Waals surface area contributed by atoms with Gasteiger partial charge >= 0.3 is 0 Å². The number of hydrogen-bond acceptors (Lipinski definition) is 6. The summed E-state index contributed by atoms with van der Waals surface area (Å²) in [7, 11) is 3.92. The maximum atomic E-state index is 13.1. The molecule has 1 aromatic heterocycles. The maximum absolute atomic E-state index is 13.1. The molecule has 7 heteroatoms. The summed E-state index contributed by atoms with van der Waals surface area (Å²) in [5.74, 6) is -0.273. The summed E-state index contributed by atoms with van der Waals surface area (Å²) in [5.41, 5.74) is 1.19. The van der Waals surface area contributed by atoms with Crippen molar-refractivity contribution in [3.05, 3.63) is 95.8 Å². The third kappa shape index (κ3) is 5.00. The van der Waals surface area contributed by atoms with Crippen LogP contribution in [0.4, 0.5) is 0 Å². The Kier molecular flexibility index (Phi) is 7.04. The quantitative estimate of drug-likeness (QED) is 0.309. The Morgan fingerprint density at radius 1 is 1.00 bits per heavy atom. The Labute approximate surface area is 198 Å². The van der Waals surface area contributed by atoms with E-state index < -0.39 is 17.7 Å². The highest BCUT2D eigenvalue weighted by Gasteiger charge is 2.45. The van der Waals surface area contributed by atoms with Gasteiger partial charge in [0.25, 0.3) is 11.7 Å². The lowest BCUT2D eigenvalue weighted by Crippen LogP contribution is -2.32. The largest absolute Gasteiger partial charge is 0.507 e. The zero-order chi connectivity index (χ0) is 24.1. The first kappa shape index (κ1) is 23.2. The molecule has 1 atom stereocenters. The number of nitrogens with zero attached hydrogens (tertiary/aromatic N) is 3. The molecule has 2 aromatic carbocycles. The number of carbonyl (C=O) groups excluding carboxylic acids is 2. The SMILES string of the molecule is CN(C)CCCN1C(=O)C(=O)/C(=C(/O)c2ccncc2)C1c1cccc(Oc2ccccc2)c1. The third-order valence-electron chi connectivity index (χ3n) is 5.65. The second-order valence-electron chi connectivity index (χ2n) is 8.37. The van der Waals surface area contributed by atoms with Crippen LogP contribution in [0.2, 0.25) is 0 Å². The van der Waals surface area contributed by atoms with Gasteiger partial charge in [-0.25, -0.2) is 0 Å². The Bertz CT molecular complexity index is 1190. The van der Waals surface area contributed by atoms with Gasteiger partial charge < -0.3 is 19.6 Å². The molecule has 1 aliphatic rings. The first-order valence-corrected chi connectivity index (χ1v) is 11.1. The summed E-state index contributed by atoms with van der Waals surface area (Å²) < 4.78 is 5.98. The van der Waals surface area contributed by atoms with Gasteiger partial charge in [0.2, 0.25) is 0 Å². The highest BCUT2D eigenvalue weighted by atomic mass is 16.5. The van der Waals surface area contributed by atoms with Gasteiger partial charge in [-0.1, -0.05) is 30.3 Å². The van der Waals surface area contributed by atoms with E-state index in [0.717, 1.165) is 6.54 Å². The van der Waals surface area contributed by atoms with Crippen LogP contribution in [0.1, 0.15) is 23.6 Å². The predicted molar refractivity (Wildman–Crippen MR) is 129 cm³/mol. The number of Topliss-reactive ketones (excluding diaryl/α,β-unsaturated/α-hetero) is 1. The number of ketones is 1. The van der Waals surface area contributed by atoms with Crippen molar-refractivity contribution in [2.24, 2.45) is 0 Å². The highest BCUT2D eigenvalue weighted by molar-refractivity contribution is 6.46. The van der Waals surface area contributed by atoms with Gasteiger partial charge in [-0.2, -0.15) is 0 Å². The Hall–Kier alpha value is -3.97. The molecule has 3 aromatic rings. The molecule has 7 nitrogen and oxygen atoms in total. The van der Waals surface area contributed by atoms with E-state index in [4.69, 9.17) is 4.74 Å². The number of benzene rings is 2. The van der Waals surface area contributed by atoms with E-state index in [9.17, 15) is 14.7 Å². The molecule has 1 aliphatic heterocycles.